The number of fused-ring (bicyclic) bond motifs is 1. The molecule has 1 N–H and O–H groups in total. The maximum Gasteiger partial charge on any atom is 0.410 e. The highest BCUT2D eigenvalue weighted by atomic mass is 19.1. The molecule has 4 rings (SSSR count). The molecule has 0 bridgehead atoms. The second-order valence-corrected chi connectivity index (χ2v) is 8.45. The van der Waals surface area contributed by atoms with E-state index in [1.165, 1.54) is 12.1 Å². The van der Waals surface area contributed by atoms with Gasteiger partial charge in [0.05, 0.1) is 0 Å². The third kappa shape index (κ3) is 3.79. The molecule has 2 aliphatic rings. The van der Waals surface area contributed by atoms with Crippen LogP contribution >= 0.6 is 0 Å². The van der Waals surface area contributed by atoms with Gasteiger partial charge in [0.25, 0.3) is 5.91 Å². The van der Waals surface area contributed by atoms with E-state index < -0.39 is 23.3 Å². The molecule has 0 saturated carbocycles. The fourth-order valence-corrected chi connectivity index (χ4v) is 3.71. The molecule has 0 unspecified atom stereocenters. The first-order valence-electron chi connectivity index (χ1n) is 9.70. The molecular weight excluding hydrogens is 390 g/mol. The lowest BCUT2D eigenvalue weighted by Crippen LogP contribution is -2.35. The summed E-state index contributed by atoms with van der Waals surface area (Å²) in [5, 5.41) is 2.79. The van der Waals surface area contributed by atoms with E-state index in [1.807, 2.05) is 6.08 Å². The summed E-state index contributed by atoms with van der Waals surface area (Å²) in [7, 11) is 0. The van der Waals surface area contributed by atoms with E-state index in [-0.39, 0.29) is 11.5 Å². The lowest BCUT2D eigenvalue weighted by molar-refractivity contribution is 0.0306. The highest BCUT2D eigenvalue weighted by molar-refractivity contribution is 6.01. The predicted octanol–water partition coefficient (Wildman–Crippen LogP) is 4.51. The highest BCUT2D eigenvalue weighted by Crippen LogP contribution is 2.35. The highest BCUT2D eigenvalue weighted by Gasteiger charge is 2.30. The van der Waals surface area contributed by atoms with E-state index in [0.717, 1.165) is 22.8 Å². The number of rotatable bonds is 2. The average Bonchev–Trinajstić information content (AvgIpc) is 3.27. The smallest absolute Gasteiger partial charge is 0.410 e. The Labute approximate surface area is 173 Å². The minimum absolute atomic E-state index is 0.211. The van der Waals surface area contributed by atoms with E-state index in [2.05, 4.69) is 5.32 Å². The summed E-state index contributed by atoms with van der Waals surface area (Å²) >= 11 is 0. The van der Waals surface area contributed by atoms with Crippen LogP contribution in [0.15, 0.2) is 36.4 Å². The Morgan fingerprint density at radius 1 is 1.10 bits per heavy atom. The summed E-state index contributed by atoms with van der Waals surface area (Å²) in [6.07, 6.45) is 1.49. The molecule has 2 aromatic carbocycles. The molecule has 0 spiro atoms. The van der Waals surface area contributed by atoms with Crippen LogP contribution in [0.25, 0.3) is 16.7 Å². The Kier molecular flexibility index (Phi) is 4.84. The van der Waals surface area contributed by atoms with Crippen LogP contribution in [0, 0.1) is 11.6 Å². The van der Waals surface area contributed by atoms with E-state index in [4.69, 9.17) is 4.74 Å². The standard InChI is InChI=1S/C23H22F2N2O3/c1-23(2,3)30-22(29)27-7-6-13(12-27)17-8-14(9-18-19(17)11-26-21(18)28)16-5-4-15(24)10-20(16)25/h4-6,8-10H,7,11-12H2,1-3H3,(H,26,28). The largest absolute Gasteiger partial charge is 0.444 e. The topological polar surface area (TPSA) is 58.6 Å². The monoisotopic (exact) mass is 412 g/mol. The third-order valence-corrected chi connectivity index (χ3v) is 5.08. The van der Waals surface area contributed by atoms with Crippen molar-refractivity contribution in [1.82, 2.24) is 10.2 Å². The van der Waals surface area contributed by atoms with Crippen LogP contribution in [-0.4, -0.2) is 35.6 Å². The number of carbonyl (C=O) groups is 2. The molecule has 0 radical (unpaired) electrons. The maximum atomic E-state index is 14.4. The summed E-state index contributed by atoms with van der Waals surface area (Å²) in [5.41, 5.74) is 3.00. The molecule has 2 amide bonds. The lowest BCUT2D eigenvalue weighted by Gasteiger charge is -2.24. The van der Waals surface area contributed by atoms with Crippen molar-refractivity contribution >= 4 is 17.6 Å². The second kappa shape index (κ2) is 7.23. The van der Waals surface area contributed by atoms with Gasteiger partial charge in [-0.2, -0.15) is 0 Å². The molecule has 2 aromatic rings. The Hall–Kier alpha value is -3.22. The second-order valence-electron chi connectivity index (χ2n) is 8.45. The number of benzene rings is 2. The van der Waals surface area contributed by atoms with Crippen LogP contribution in [0.4, 0.5) is 13.6 Å². The van der Waals surface area contributed by atoms with E-state index in [9.17, 15) is 18.4 Å². The Morgan fingerprint density at radius 2 is 1.83 bits per heavy atom. The molecule has 0 saturated heterocycles. The quantitative estimate of drug-likeness (QED) is 0.790. The zero-order valence-corrected chi connectivity index (χ0v) is 17.0. The van der Waals surface area contributed by atoms with Crippen LogP contribution in [0.3, 0.4) is 0 Å². The summed E-state index contributed by atoms with van der Waals surface area (Å²) in [6.45, 7) is 6.49. The minimum Gasteiger partial charge on any atom is -0.444 e. The van der Waals surface area contributed by atoms with Gasteiger partial charge >= 0.3 is 6.09 Å². The molecule has 0 aliphatic carbocycles. The third-order valence-electron chi connectivity index (χ3n) is 5.08. The van der Waals surface area contributed by atoms with Gasteiger partial charge in [-0.3, -0.25) is 4.79 Å². The van der Waals surface area contributed by atoms with Crippen LogP contribution in [0.1, 0.15) is 42.3 Å². The summed E-state index contributed by atoms with van der Waals surface area (Å²) < 4.78 is 33.2. The molecular formula is C23H22F2N2O3. The zero-order valence-electron chi connectivity index (χ0n) is 17.0. The number of nitrogens with zero attached hydrogens (tertiary/aromatic N) is 1. The van der Waals surface area contributed by atoms with Crippen molar-refractivity contribution in [3.05, 3.63) is 64.7 Å². The molecule has 2 aliphatic heterocycles. The van der Waals surface area contributed by atoms with Crippen molar-refractivity contribution in [2.75, 3.05) is 13.1 Å². The number of hydrogen-bond donors (Lipinski definition) is 1. The number of ether oxygens (including phenoxy) is 1. The van der Waals surface area contributed by atoms with Crippen LogP contribution in [0.5, 0.6) is 0 Å². The molecule has 0 fully saturated rings. The molecule has 0 atom stereocenters. The first-order chi connectivity index (χ1) is 14.1. The minimum atomic E-state index is -0.699. The van der Waals surface area contributed by atoms with Crippen molar-refractivity contribution < 1.29 is 23.1 Å². The van der Waals surface area contributed by atoms with Gasteiger partial charge in [-0.15, -0.1) is 0 Å². The molecule has 156 valence electrons. The predicted molar refractivity (Wildman–Crippen MR) is 109 cm³/mol. The number of nitrogens with one attached hydrogen (secondary N) is 1. The van der Waals surface area contributed by atoms with Crippen LogP contribution < -0.4 is 5.32 Å². The molecule has 5 nitrogen and oxygen atoms in total. The van der Waals surface area contributed by atoms with Gasteiger partial charge in [-0.1, -0.05) is 6.08 Å². The number of carbonyl (C=O) groups excluding carboxylic acids is 2. The van der Waals surface area contributed by atoms with Gasteiger partial charge in [0.2, 0.25) is 0 Å². The van der Waals surface area contributed by atoms with Crippen LogP contribution in [0.2, 0.25) is 0 Å². The fraction of sp³-hybridized carbons (Fsp3) is 0.304. The summed E-state index contributed by atoms with van der Waals surface area (Å²) in [5.74, 6) is -1.60. The average molecular weight is 412 g/mol. The number of amides is 2. The van der Waals surface area contributed by atoms with Gasteiger partial charge in [0.1, 0.15) is 17.2 Å². The fourth-order valence-electron chi connectivity index (χ4n) is 3.71. The first-order valence-corrected chi connectivity index (χ1v) is 9.70. The van der Waals surface area contributed by atoms with Crippen molar-refractivity contribution in [2.45, 2.75) is 32.9 Å². The van der Waals surface area contributed by atoms with Crippen molar-refractivity contribution in [3.63, 3.8) is 0 Å². The van der Waals surface area contributed by atoms with Crippen molar-refractivity contribution in [3.8, 4) is 11.1 Å². The SMILES string of the molecule is CC(C)(C)OC(=O)N1CC=C(c2cc(-c3ccc(F)cc3F)cc3c2CNC3=O)C1. The molecule has 2 heterocycles. The van der Waals surface area contributed by atoms with E-state index in [0.29, 0.717) is 30.8 Å². The molecule has 7 heteroatoms. The number of halogens is 2. The van der Waals surface area contributed by atoms with E-state index >= 15 is 0 Å². The van der Waals surface area contributed by atoms with E-state index in [1.54, 1.807) is 37.8 Å². The Balaban J connectivity index is 1.70. The van der Waals surface area contributed by atoms with Crippen molar-refractivity contribution in [2.24, 2.45) is 0 Å². The van der Waals surface area contributed by atoms with Crippen molar-refractivity contribution in [1.29, 1.82) is 0 Å². The number of hydrogen-bond acceptors (Lipinski definition) is 3. The summed E-state index contributed by atoms with van der Waals surface area (Å²) in [4.78, 5) is 26.3. The maximum absolute atomic E-state index is 14.4. The van der Waals surface area contributed by atoms with Gasteiger partial charge in [-0.25, -0.2) is 13.6 Å². The zero-order chi connectivity index (χ0) is 21.6. The van der Waals surface area contributed by atoms with Gasteiger partial charge in [0.15, 0.2) is 0 Å². The Bertz CT molecular complexity index is 1090. The van der Waals surface area contributed by atoms with Crippen LogP contribution in [-0.2, 0) is 11.3 Å². The van der Waals surface area contributed by atoms with Gasteiger partial charge in [-0.05, 0) is 67.3 Å². The Morgan fingerprint density at radius 3 is 2.53 bits per heavy atom. The normalized spacial score (nSPS) is 15.7. The van der Waals surface area contributed by atoms with Gasteiger partial charge < -0.3 is 15.0 Å². The molecule has 0 aromatic heterocycles. The lowest BCUT2D eigenvalue weighted by atomic mass is 9.91. The van der Waals surface area contributed by atoms with Gasteiger partial charge in [0, 0.05) is 36.8 Å². The molecule has 30 heavy (non-hydrogen) atoms. The first kappa shape index (κ1) is 20.1. The summed E-state index contributed by atoms with van der Waals surface area (Å²) in [6, 6.07) is 6.78.